The molecule has 2 heteroatoms. The summed E-state index contributed by atoms with van der Waals surface area (Å²) in [6.07, 6.45) is 0. The van der Waals surface area contributed by atoms with Crippen LogP contribution in [0.4, 0.5) is 0 Å². The molecular formula is C5H15NS. The summed E-state index contributed by atoms with van der Waals surface area (Å²) in [5, 5.41) is 0. The van der Waals surface area contributed by atoms with Crippen molar-refractivity contribution < 1.29 is 0 Å². The molecule has 0 saturated carbocycles. The Labute approximate surface area is 52.7 Å². The molecule has 7 heavy (non-hydrogen) atoms. The van der Waals surface area contributed by atoms with Gasteiger partial charge < -0.3 is 5.73 Å². The van der Waals surface area contributed by atoms with Crippen LogP contribution >= 0.6 is 13.5 Å². The van der Waals surface area contributed by atoms with Gasteiger partial charge in [0.25, 0.3) is 0 Å². The molecule has 0 heterocycles. The van der Waals surface area contributed by atoms with Crippen molar-refractivity contribution in [1.29, 1.82) is 0 Å². The predicted molar refractivity (Wildman–Crippen MR) is 38.9 cm³/mol. The Hall–Kier alpha value is 0.310. The Bertz CT molecular complexity index is 37.8. The summed E-state index contributed by atoms with van der Waals surface area (Å²) < 4.78 is 0. The van der Waals surface area contributed by atoms with E-state index in [1.807, 2.05) is 0 Å². The minimum absolute atomic E-state index is 0. The van der Waals surface area contributed by atoms with Crippen LogP contribution in [0.1, 0.15) is 20.8 Å². The zero-order chi connectivity index (χ0) is 5.21. The molecule has 0 aliphatic heterocycles. The first-order valence-corrected chi connectivity index (χ1v) is 2.26. The van der Waals surface area contributed by atoms with Gasteiger partial charge in [0.15, 0.2) is 0 Å². The molecule has 0 amide bonds. The molecular weight excluding hydrogens is 106 g/mol. The first-order valence-electron chi connectivity index (χ1n) is 2.26. The van der Waals surface area contributed by atoms with E-state index in [0.717, 1.165) is 6.54 Å². The lowest BCUT2D eigenvalue weighted by Crippen LogP contribution is -2.18. The maximum Gasteiger partial charge on any atom is -0.00285 e. The second-order valence-electron chi connectivity index (χ2n) is 2.76. The molecule has 0 radical (unpaired) electrons. The van der Waals surface area contributed by atoms with Gasteiger partial charge in [-0.1, -0.05) is 20.8 Å². The smallest absolute Gasteiger partial charge is 0.00285 e. The normalized spacial score (nSPS) is 10.3. The van der Waals surface area contributed by atoms with Gasteiger partial charge in [0.05, 0.1) is 0 Å². The van der Waals surface area contributed by atoms with Gasteiger partial charge in [-0.05, 0) is 12.0 Å². The zero-order valence-electron chi connectivity index (χ0n) is 5.28. The van der Waals surface area contributed by atoms with Crippen LogP contribution < -0.4 is 5.73 Å². The van der Waals surface area contributed by atoms with Gasteiger partial charge in [0, 0.05) is 0 Å². The maximum atomic E-state index is 5.31. The Morgan fingerprint density at radius 1 is 1.29 bits per heavy atom. The van der Waals surface area contributed by atoms with Crippen molar-refractivity contribution in [3.8, 4) is 0 Å². The highest BCUT2D eigenvalue weighted by molar-refractivity contribution is 7.59. The topological polar surface area (TPSA) is 26.0 Å². The lowest BCUT2D eigenvalue weighted by Gasteiger charge is -2.12. The lowest BCUT2D eigenvalue weighted by atomic mass is 9.98. The number of rotatable bonds is 0. The van der Waals surface area contributed by atoms with Crippen LogP contribution in [0.25, 0.3) is 0 Å². The quantitative estimate of drug-likeness (QED) is 0.510. The third kappa shape index (κ3) is 10.7. The highest BCUT2D eigenvalue weighted by atomic mass is 32.1. The van der Waals surface area contributed by atoms with E-state index in [2.05, 4.69) is 20.8 Å². The first kappa shape index (κ1) is 10.3. The monoisotopic (exact) mass is 121 g/mol. The summed E-state index contributed by atoms with van der Waals surface area (Å²) in [7, 11) is 0. The Morgan fingerprint density at radius 2 is 1.43 bits per heavy atom. The van der Waals surface area contributed by atoms with Crippen molar-refractivity contribution in [2.75, 3.05) is 6.54 Å². The van der Waals surface area contributed by atoms with Crippen molar-refractivity contribution in [3.05, 3.63) is 0 Å². The largest absolute Gasteiger partial charge is 0.330 e. The Morgan fingerprint density at radius 3 is 1.43 bits per heavy atom. The van der Waals surface area contributed by atoms with E-state index in [1.165, 1.54) is 0 Å². The van der Waals surface area contributed by atoms with Crippen molar-refractivity contribution in [3.63, 3.8) is 0 Å². The Kier molecular flexibility index (Phi) is 4.91. The van der Waals surface area contributed by atoms with Gasteiger partial charge >= 0.3 is 0 Å². The van der Waals surface area contributed by atoms with E-state index in [9.17, 15) is 0 Å². The third-order valence-electron chi connectivity index (χ3n) is 0.612. The third-order valence-corrected chi connectivity index (χ3v) is 0.612. The lowest BCUT2D eigenvalue weighted by molar-refractivity contribution is 0.428. The molecule has 0 aromatic rings. The standard InChI is InChI=1S/C5H13N.H2S/c1-5(2,3)4-6;/h4,6H2,1-3H3;1H2. The van der Waals surface area contributed by atoms with Gasteiger partial charge in [0.1, 0.15) is 0 Å². The first-order chi connectivity index (χ1) is 2.56. The fraction of sp³-hybridized carbons (Fsp3) is 1.00. The molecule has 0 aliphatic rings. The van der Waals surface area contributed by atoms with Crippen LogP contribution in [0, 0.1) is 5.41 Å². The zero-order valence-corrected chi connectivity index (χ0v) is 6.28. The molecule has 0 bridgehead atoms. The molecule has 0 unspecified atom stereocenters. The number of nitrogens with two attached hydrogens (primary N) is 1. The molecule has 0 fully saturated rings. The molecule has 0 aliphatic carbocycles. The van der Waals surface area contributed by atoms with E-state index < -0.39 is 0 Å². The van der Waals surface area contributed by atoms with Crippen LogP contribution in [0.5, 0.6) is 0 Å². The second kappa shape index (κ2) is 3.33. The van der Waals surface area contributed by atoms with Crippen LogP contribution in [0.3, 0.4) is 0 Å². The van der Waals surface area contributed by atoms with Gasteiger partial charge in [0.2, 0.25) is 0 Å². The van der Waals surface area contributed by atoms with E-state index in [1.54, 1.807) is 0 Å². The van der Waals surface area contributed by atoms with E-state index in [0.29, 0.717) is 5.41 Å². The van der Waals surface area contributed by atoms with Crippen molar-refractivity contribution >= 4 is 13.5 Å². The predicted octanol–water partition coefficient (Wildman–Crippen LogP) is 1.10. The van der Waals surface area contributed by atoms with Crippen LogP contribution in [0.15, 0.2) is 0 Å². The van der Waals surface area contributed by atoms with Crippen molar-refractivity contribution in [1.82, 2.24) is 0 Å². The minimum Gasteiger partial charge on any atom is -0.330 e. The molecule has 0 spiro atoms. The number of hydrogen-bond donors (Lipinski definition) is 1. The van der Waals surface area contributed by atoms with Crippen LogP contribution in [-0.4, -0.2) is 6.54 Å². The summed E-state index contributed by atoms with van der Waals surface area (Å²) in [6, 6.07) is 0. The SMILES string of the molecule is CC(C)(C)CN.S. The molecule has 46 valence electrons. The van der Waals surface area contributed by atoms with Crippen LogP contribution in [-0.2, 0) is 0 Å². The molecule has 0 rings (SSSR count). The molecule has 0 atom stereocenters. The summed E-state index contributed by atoms with van der Waals surface area (Å²) in [4.78, 5) is 0. The highest BCUT2D eigenvalue weighted by Crippen LogP contribution is 2.07. The second-order valence-corrected chi connectivity index (χ2v) is 2.76. The van der Waals surface area contributed by atoms with Gasteiger partial charge in [-0.25, -0.2) is 0 Å². The summed E-state index contributed by atoms with van der Waals surface area (Å²) in [6.45, 7) is 7.12. The van der Waals surface area contributed by atoms with Gasteiger partial charge in [-0.2, -0.15) is 13.5 Å². The Balaban J connectivity index is 0. The van der Waals surface area contributed by atoms with Crippen LogP contribution in [0.2, 0.25) is 0 Å². The fourth-order valence-corrected chi connectivity index (χ4v) is 0. The van der Waals surface area contributed by atoms with E-state index in [4.69, 9.17) is 5.73 Å². The molecule has 2 N–H and O–H groups in total. The van der Waals surface area contributed by atoms with Crippen molar-refractivity contribution in [2.45, 2.75) is 20.8 Å². The van der Waals surface area contributed by atoms with Gasteiger partial charge in [-0.15, -0.1) is 0 Å². The molecule has 0 aromatic carbocycles. The molecule has 0 aromatic heterocycles. The number of hydrogen-bond acceptors (Lipinski definition) is 1. The van der Waals surface area contributed by atoms with E-state index in [-0.39, 0.29) is 13.5 Å². The average Bonchev–Trinajstić information content (AvgIpc) is 1.35. The highest BCUT2D eigenvalue weighted by Gasteiger charge is 2.03. The average molecular weight is 121 g/mol. The summed E-state index contributed by atoms with van der Waals surface area (Å²) in [5.41, 5.74) is 5.62. The maximum absolute atomic E-state index is 5.31. The van der Waals surface area contributed by atoms with Crippen molar-refractivity contribution in [2.24, 2.45) is 11.1 Å². The fourth-order valence-electron chi connectivity index (χ4n) is 0. The molecule has 1 nitrogen and oxygen atoms in total. The molecule has 0 saturated heterocycles. The summed E-state index contributed by atoms with van der Waals surface area (Å²) >= 11 is 0. The van der Waals surface area contributed by atoms with Gasteiger partial charge in [-0.3, -0.25) is 0 Å². The minimum atomic E-state index is 0. The van der Waals surface area contributed by atoms with E-state index >= 15 is 0 Å². The summed E-state index contributed by atoms with van der Waals surface area (Å²) in [5.74, 6) is 0.